The Kier molecular flexibility index (Phi) is 7.22. The van der Waals surface area contributed by atoms with E-state index in [4.69, 9.17) is 9.47 Å². The van der Waals surface area contributed by atoms with Crippen molar-refractivity contribution in [3.8, 4) is 0 Å². The average molecular weight is 550 g/mol. The van der Waals surface area contributed by atoms with Gasteiger partial charge in [0, 0.05) is 43.0 Å². The highest BCUT2D eigenvalue weighted by atomic mass is 19.1. The molecule has 40 heavy (non-hydrogen) atoms. The number of halogens is 1. The molecule has 3 aliphatic rings. The van der Waals surface area contributed by atoms with Crippen molar-refractivity contribution in [2.24, 2.45) is 0 Å². The van der Waals surface area contributed by atoms with Crippen LogP contribution in [0.1, 0.15) is 51.3 Å². The van der Waals surface area contributed by atoms with Crippen molar-refractivity contribution in [2.45, 2.75) is 58.4 Å². The molecule has 3 heterocycles. The minimum Gasteiger partial charge on any atom is -0.482 e. The number of hydrogen-bond acceptors (Lipinski definition) is 6. The van der Waals surface area contributed by atoms with Gasteiger partial charge < -0.3 is 24.8 Å². The number of anilines is 1. The van der Waals surface area contributed by atoms with E-state index < -0.39 is 17.0 Å². The highest BCUT2D eigenvalue weighted by Crippen LogP contribution is 2.44. The number of rotatable bonds is 4. The standard InChI is InChI=1S/C31H36FN3O5/c1-30(2,3)40-29(38)35-13-12-34(22(17-35)18-36)16-19-6-8-20(9-7-19)24-15-26(39-31(24,4)5)27-23-14-21(32)10-11-25(23)33-28(27)37/h6-11,14-15,22,36H,12-13,16-18H2,1-5H3,(H,33,37). The number of aliphatic hydroxyl groups excluding tert-OH is 1. The number of hydrogen-bond donors (Lipinski definition) is 2. The second-order valence-corrected chi connectivity index (χ2v) is 12.0. The first-order chi connectivity index (χ1) is 18.8. The normalized spacial score (nSPS) is 22.5. The van der Waals surface area contributed by atoms with Crippen LogP contribution in [0.2, 0.25) is 0 Å². The molecule has 2 amide bonds. The van der Waals surface area contributed by atoms with E-state index >= 15 is 0 Å². The topological polar surface area (TPSA) is 91.3 Å². The molecule has 2 aromatic rings. The predicted octanol–water partition coefficient (Wildman–Crippen LogP) is 4.79. The van der Waals surface area contributed by atoms with Crippen LogP contribution in [0.3, 0.4) is 0 Å². The Morgan fingerprint density at radius 1 is 1.18 bits per heavy atom. The zero-order valence-electron chi connectivity index (χ0n) is 23.6. The van der Waals surface area contributed by atoms with Crippen LogP contribution < -0.4 is 5.32 Å². The molecule has 3 aliphatic heterocycles. The molecular weight excluding hydrogens is 513 g/mol. The van der Waals surface area contributed by atoms with Crippen LogP contribution in [0.25, 0.3) is 11.1 Å². The van der Waals surface area contributed by atoms with Gasteiger partial charge in [-0.3, -0.25) is 9.69 Å². The van der Waals surface area contributed by atoms with Crippen molar-refractivity contribution in [2.75, 3.05) is 31.6 Å². The fourth-order valence-corrected chi connectivity index (χ4v) is 5.39. The SMILES string of the molecule is CC(C)(C)OC(=O)N1CCN(Cc2ccc(C3=CC(=C4C(=O)Nc5ccc(F)cc54)OC3(C)C)cc2)C(CO)C1. The third kappa shape index (κ3) is 5.62. The molecule has 2 N–H and O–H groups in total. The Balaban J connectivity index is 1.32. The van der Waals surface area contributed by atoms with Crippen molar-refractivity contribution < 1.29 is 28.6 Å². The monoisotopic (exact) mass is 549 g/mol. The van der Waals surface area contributed by atoms with Crippen LogP contribution >= 0.6 is 0 Å². The first-order valence-electron chi connectivity index (χ1n) is 13.5. The Morgan fingerprint density at radius 3 is 2.58 bits per heavy atom. The Hall–Kier alpha value is -3.69. The highest BCUT2D eigenvalue weighted by molar-refractivity contribution is 6.32. The molecule has 5 rings (SSSR count). The lowest BCUT2D eigenvalue weighted by Crippen LogP contribution is -2.56. The summed E-state index contributed by atoms with van der Waals surface area (Å²) >= 11 is 0. The zero-order valence-corrected chi connectivity index (χ0v) is 23.6. The molecule has 1 fully saturated rings. The maximum atomic E-state index is 14.0. The molecule has 1 atom stereocenters. The summed E-state index contributed by atoms with van der Waals surface area (Å²) in [6.07, 6.45) is 1.50. The number of allylic oxidation sites excluding steroid dienone is 1. The molecule has 0 bridgehead atoms. The minimum absolute atomic E-state index is 0.0617. The highest BCUT2D eigenvalue weighted by Gasteiger charge is 2.38. The number of nitrogens with zero attached hydrogens (tertiary/aromatic N) is 2. The average Bonchev–Trinajstić information content (AvgIpc) is 3.37. The number of benzene rings is 2. The second kappa shape index (κ2) is 10.4. The largest absolute Gasteiger partial charge is 0.482 e. The van der Waals surface area contributed by atoms with Gasteiger partial charge in [-0.1, -0.05) is 24.3 Å². The van der Waals surface area contributed by atoms with Crippen molar-refractivity contribution in [1.82, 2.24) is 9.80 Å². The van der Waals surface area contributed by atoms with Gasteiger partial charge >= 0.3 is 6.09 Å². The van der Waals surface area contributed by atoms with Gasteiger partial charge in [-0.2, -0.15) is 0 Å². The molecule has 0 aromatic heterocycles. The third-order valence-corrected chi connectivity index (χ3v) is 7.38. The quantitative estimate of drug-likeness (QED) is 0.533. The summed E-state index contributed by atoms with van der Waals surface area (Å²) < 4.78 is 25.7. The molecule has 1 saturated heterocycles. The van der Waals surface area contributed by atoms with Crippen molar-refractivity contribution >= 4 is 28.8 Å². The number of aliphatic hydroxyl groups is 1. The van der Waals surface area contributed by atoms with Gasteiger partial charge in [-0.05, 0) is 70.0 Å². The van der Waals surface area contributed by atoms with Crippen molar-refractivity contribution in [3.63, 3.8) is 0 Å². The Morgan fingerprint density at radius 2 is 1.90 bits per heavy atom. The summed E-state index contributed by atoms with van der Waals surface area (Å²) in [5.74, 6) is -0.316. The van der Waals surface area contributed by atoms with E-state index in [1.807, 2.05) is 65.0 Å². The molecule has 1 unspecified atom stereocenters. The maximum Gasteiger partial charge on any atom is 0.410 e. The van der Waals surface area contributed by atoms with Crippen molar-refractivity contribution in [3.05, 3.63) is 76.8 Å². The minimum atomic E-state index is -0.694. The third-order valence-electron chi connectivity index (χ3n) is 7.38. The molecule has 0 saturated carbocycles. The molecule has 212 valence electrons. The summed E-state index contributed by atoms with van der Waals surface area (Å²) in [5, 5.41) is 12.8. The van der Waals surface area contributed by atoms with Gasteiger partial charge in [0.1, 0.15) is 22.8 Å². The summed E-state index contributed by atoms with van der Waals surface area (Å²) in [5.41, 5.74) is 3.07. The van der Waals surface area contributed by atoms with E-state index in [1.54, 1.807) is 11.0 Å². The fraction of sp³-hybridized carbons (Fsp3) is 0.419. The molecule has 0 radical (unpaired) electrons. The second-order valence-electron chi connectivity index (χ2n) is 12.0. The van der Waals surface area contributed by atoms with E-state index in [1.165, 1.54) is 12.1 Å². The van der Waals surface area contributed by atoms with Gasteiger partial charge in [0.25, 0.3) is 5.91 Å². The first-order valence-corrected chi connectivity index (χ1v) is 13.5. The van der Waals surface area contributed by atoms with E-state index in [2.05, 4.69) is 10.2 Å². The molecule has 0 spiro atoms. The van der Waals surface area contributed by atoms with Gasteiger partial charge in [-0.15, -0.1) is 0 Å². The van der Waals surface area contributed by atoms with Crippen LogP contribution in [0.15, 0.2) is 54.3 Å². The summed E-state index contributed by atoms with van der Waals surface area (Å²) in [6.45, 7) is 11.5. The van der Waals surface area contributed by atoms with Crippen LogP contribution in [-0.2, 0) is 20.8 Å². The number of amides is 2. The number of fused-ring (bicyclic) bond motifs is 1. The number of ether oxygens (including phenoxy) is 2. The lowest BCUT2D eigenvalue weighted by atomic mass is 9.91. The molecular formula is C31H36FN3O5. The van der Waals surface area contributed by atoms with Crippen LogP contribution in [0.4, 0.5) is 14.9 Å². The lowest BCUT2D eigenvalue weighted by molar-refractivity contribution is -0.111. The van der Waals surface area contributed by atoms with E-state index in [0.29, 0.717) is 48.8 Å². The molecule has 0 aliphatic carbocycles. The Bertz CT molecular complexity index is 1390. The van der Waals surface area contributed by atoms with Gasteiger partial charge in [-0.25, -0.2) is 9.18 Å². The number of carbonyl (C=O) groups is 2. The van der Waals surface area contributed by atoms with Gasteiger partial charge in [0.2, 0.25) is 0 Å². The maximum absolute atomic E-state index is 14.0. The number of piperazine rings is 1. The summed E-state index contributed by atoms with van der Waals surface area (Å²) in [6, 6.07) is 12.2. The smallest absolute Gasteiger partial charge is 0.410 e. The number of carbonyl (C=O) groups excluding carboxylic acids is 2. The Labute approximate surface area is 234 Å². The molecule has 2 aromatic carbocycles. The van der Waals surface area contributed by atoms with Crippen LogP contribution in [0, 0.1) is 5.82 Å². The zero-order chi connectivity index (χ0) is 28.8. The lowest BCUT2D eigenvalue weighted by Gasteiger charge is -2.41. The first kappa shape index (κ1) is 27.9. The van der Waals surface area contributed by atoms with E-state index in [-0.39, 0.29) is 24.6 Å². The van der Waals surface area contributed by atoms with Crippen molar-refractivity contribution in [1.29, 1.82) is 0 Å². The molecule has 9 heteroatoms. The van der Waals surface area contributed by atoms with E-state index in [9.17, 15) is 19.1 Å². The van der Waals surface area contributed by atoms with Gasteiger partial charge in [0.05, 0.1) is 18.2 Å². The number of nitrogens with one attached hydrogen (secondary N) is 1. The summed E-state index contributed by atoms with van der Waals surface area (Å²) in [4.78, 5) is 29.1. The predicted molar refractivity (Wildman–Crippen MR) is 151 cm³/mol. The van der Waals surface area contributed by atoms with E-state index in [0.717, 1.165) is 16.7 Å². The summed E-state index contributed by atoms with van der Waals surface area (Å²) in [7, 11) is 0. The molecule has 8 nitrogen and oxygen atoms in total. The van der Waals surface area contributed by atoms with Crippen LogP contribution in [-0.4, -0.2) is 70.4 Å². The van der Waals surface area contributed by atoms with Gasteiger partial charge in [0.15, 0.2) is 0 Å². The van der Waals surface area contributed by atoms with Crippen LogP contribution in [0.5, 0.6) is 0 Å². The fourth-order valence-electron chi connectivity index (χ4n) is 5.39.